The summed E-state index contributed by atoms with van der Waals surface area (Å²) in [6.07, 6.45) is 0.363. The first-order valence-electron chi connectivity index (χ1n) is 12.4. The third-order valence-electron chi connectivity index (χ3n) is 7.18. The largest absolute Gasteiger partial charge is 0.447 e. The van der Waals surface area contributed by atoms with Crippen molar-refractivity contribution in [2.75, 3.05) is 13.2 Å². The highest BCUT2D eigenvalue weighted by Crippen LogP contribution is 2.54. The average Bonchev–Trinajstić information content (AvgIpc) is 3.36. The number of halogens is 1. The van der Waals surface area contributed by atoms with E-state index >= 15 is 0 Å². The summed E-state index contributed by atoms with van der Waals surface area (Å²) in [6, 6.07) is 16.0. The van der Waals surface area contributed by atoms with E-state index < -0.39 is 35.8 Å². The minimum absolute atomic E-state index is 0.138. The number of fused-ring (bicyclic) bond motifs is 1. The van der Waals surface area contributed by atoms with Crippen molar-refractivity contribution in [3.63, 3.8) is 0 Å². The number of carbonyl (C=O) groups is 3. The molecule has 2 heterocycles. The summed E-state index contributed by atoms with van der Waals surface area (Å²) >= 11 is 6.15. The van der Waals surface area contributed by atoms with Crippen LogP contribution in [0.25, 0.3) is 0 Å². The summed E-state index contributed by atoms with van der Waals surface area (Å²) in [5.41, 5.74) is 1.07. The number of hydrogen-bond acceptors (Lipinski definition) is 5. The average molecular weight is 511 g/mol. The van der Waals surface area contributed by atoms with Crippen molar-refractivity contribution in [1.29, 1.82) is 0 Å². The Kier molecular flexibility index (Phi) is 6.45. The van der Waals surface area contributed by atoms with Crippen molar-refractivity contribution < 1.29 is 23.9 Å². The van der Waals surface area contributed by atoms with Crippen molar-refractivity contribution >= 4 is 29.7 Å². The fraction of sp³-hybridized carbons (Fsp3) is 0.464. The summed E-state index contributed by atoms with van der Waals surface area (Å²) in [5, 5.41) is 0.548. The van der Waals surface area contributed by atoms with Crippen LogP contribution < -0.4 is 0 Å². The van der Waals surface area contributed by atoms with Crippen LogP contribution in [-0.2, 0) is 20.7 Å². The lowest BCUT2D eigenvalue weighted by Crippen LogP contribution is -2.51. The van der Waals surface area contributed by atoms with Gasteiger partial charge in [0.1, 0.15) is 12.2 Å². The maximum atomic E-state index is 14.3. The van der Waals surface area contributed by atoms with E-state index in [0.717, 1.165) is 12.0 Å². The van der Waals surface area contributed by atoms with E-state index in [-0.39, 0.29) is 18.4 Å². The van der Waals surface area contributed by atoms with Gasteiger partial charge in [0, 0.05) is 11.6 Å². The molecule has 0 spiro atoms. The lowest BCUT2D eigenvalue weighted by Gasteiger charge is -2.36. The zero-order valence-corrected chi connectivity index (χ0v) is 21.5. The van der Waals surface area contributed by atoms with Gasteiger partial charge in [-0.25, -0.2) is 14.5 Å². The van der Waals surface area contributed by atoms with Crippen LogP contribution in [0.2, 0.25) is 5.02 Å². The molecule has 36 heavy (non-hydrogen) atoms. The molecule has 0 bridgehead atoms. The molecule has 2 saturated heterocycles. The van der Waals surface area contributed by atoms with Crippen LogP contribution >= 0.6 is 11.6 Å². The Bertz CT molecular complexity index is 1150. The Labute approximate surface area is 216 Å². The molecular weight excluding hydrogens is 480 g/mol. The highest BCUT2D eigenvalue weighted by Gasteiger charge is 2.60. The third-order valence-corrected chi connectivity index (χ3v) is 7.44. The SMILES string of the molecule is CC(C)(C)OC(=O)N1CC2C[C@@H]2[C@H]1[C@@H](C(=O)N1C(=O)OC[C@H]1Cc1ccccc1)c1ccc(Cl)cc1. The number of imide groups is 1. The maximum absolute atomic E-state index is 14.3. The molecule has 7 nitrogen and oxygen atoms in total. The third kappa shape index (κ3) is 4.94. The highest BCUT2D eigenvalue weighted by molar-refractivity contribution is 6.30. The molecule has 5 atom stereocenters. The normalized spacial score (nSPS) is 25.8. The number of cyclic esters (lactones) is 1. The molecule has 1 unspecified atom stereocenters. The van der Waals surface area contributed by atoms with E-state index in [9.17, 15) is 14.4 Å². The number of benzene rings is 2. The van der Waals surface area contributed by atoms with Crippen molar-refractivity contribution in [3.05, 3.63) is 70.7 Å². The fourth-order valence-corrected chi connectivity index (χ4v) is 5.65. The topological polar surface area (TPSA) is 76.2 Å². The molecule has 0 radical (unpaired) electrons. The number of ether oxygens (including phenoxy) is 2. The number of piperidine rings is 1. The monoisotopic (exact) mass is 510 g/mol. The molecule has 190 valence electrons. The Morgan fingerprint density at radius 2 is 1.81 bits per heavy atom. The summed E-state index contributed by atoms with van der Waals surface area (Å²) in [4.78, 5) is 43.3. The Morgan fingerprint density at radius 1 is 1.11 bits per heavy atom. The van der Waals surface area contributed by atoms with Crippen LogP contribution in [0.4, 0.5) is 9.59 Å². The molecule has 3 aliphatic rings. The first-order chi connectivity index (χ1) is 17.1. The summed E-state index contributed by atoms with van der Waals surface area (Å²) in [7, 11) is 0. The molecule has 3 fully saturated rings. The van der Waals surface area contributed by atoms with Gasteiger partial charge in [-0.1, -0.05) is 54.1 Å². The van der Waals surface area contributed by atoms with Crippen LogP contribution in [0.3, 0.4) is 0 Å². The van der Waals surface area contributed by atoms with E-state index in [1.54, 1.807) is 17.0 Å². The highest BCUT2D eigenvalue weighted by atomic mass is 35.5. The molecule has 0 aromatic heterocycles. The second-order valence-corrected chi connectivity index (χ2v) is 11.4. The predicted molar refractivity (Wildman–Crippen MR) is 135 cm³/mol. The molecule has 2 aromatic rings. The van der Waals surface area contributed by atoms with Crippen LogP contribution in [0, 0.1) is 11.8 Å². The summed E-state index contributed by atoms with van der Waals surface area (Å²) < 4.78 is 11.1. The van der Waals surface area contributed by atoms with E-state index in [2.05, 4.69) is 0 Å². The van der Waals surface area contributed by atoms with Crippen LogP contribution in [0.5, 0.6) is 0 Å². The van der Waals surface area contributed by atoms with Gasteiger partial charge in [-0.3, -0.25) is 4.79 Å². The van der Waals surface area contributed by atoms with Crippen LogP contribution in [-0.4, -0.2) is 58.7 Å². The number of likely N-dealkylation sites (tertiary alicyclic amines) is 1. The second kappa shape index (κ2) is 9.43. The second-order valence-electron chi connectivity index (χ2n) is 10.9. The van der Waals surface area contributed by atoms with E-state index in [0.29, 0.717) is 29.5 Å². The number of rotatable bonds is 5. The van der Waals surface area contributed by atoms with Crippen molar-refractivity contribution in [3.8, 4) is 0 Å². The van der Waals surface area contributed by atoms with Gasteiger partial charge < -0.3 is 14.4 Å². The molecule has 1 saturated carbocycles. The minimum Gasteiger partial charge on any atom is -0.447 e. The lowest BCUT2D eigenvalue weighted by molar-refractivity contribution is -0.132. The van der Waals surface area contributed by atoms with E-state index in [1.165, 1.54) is 4.90 Å². The maximum Gasteiger partial charge on any atom is 0.417 e. The zero-order valence-electron chi connectivity index (χ0n) is 20.7. The standard InChI is InChI=1S/C28H31ClN2O5/c1-28(2,3)36-26(33)30-15-19-14-22(19)24(30)23(18-9-11-20(29)12-10-18)25(32)31-21(16-35-27(31)34)13-17-7-5-4-6-8-17/h4-12,19,21-24H,13-16H2,1-3H3/t19?,21-,22+,23+,24+/m1/s1. The van der Waals surface area contributed by atoms with Gasteiger partial charge in [-0.15, -0.1) is 0 Å². The van der Waals surface area contributed by atoms with Gasteiger partial charge in [-0.05, 0) is 68.7 Å². The number of hydrogen-bond donors (Lipinski definition) is 0. The quantitative estimate of drug-likeness (QED) is 0.547. The van der Waals surface area contributed by atoms with Crippen LogP contribution in [0.15, 0.2) is 54.6 Å². The molecule has 2 aliphatic heterocycles. The molecule has 2 aromatic carbocycles. The van der Waals surface area contributed by atoms with Gasteiger partial charge in [0.05, 0.1) is 18.0 Å². The first kappa shape index (κ1) is 24.6. The molecule has 5 rings (SSSR count). The molecule has 0 N–H and O–H groups in total. The number of nitrogens with zero attached hydrogens (tertiary/aromatic N) is 2. The minimum atomic E-state index is -0.740. The van der Waals surface area contributed by atoms with E-state index in [1.807, 2.05) is 63.2 Å². The van der Waals surface area contributed by atoms with Crippen molar-refractivity contribution in [2.45, 2.75) is 57.2 Å². The van der Waals surface area contributed by atoms with E-state index in [4.69, 9.17) is 21.1 Å². The van der Waals surface area contributed by atoms with Gasteiger partial charge in [0.25, 0.3) is 0 Å². The lowest BCUT2D eigenvalue weighted by atomic mass is 9.86. The molecule has 1 aliphatic carbocycles. The van der Waals surface area contributed by atoms with Gasteiger partial charge in [0.15, 0.2) is 0 Å². The fourth-order valence-electron chi connectivity index (χ4n) is 5.52. The summed E-state index contributed by atoms with van der Waals surface area (Å²) in [6.45, 7) is 6.16. The smallest absolute Gasteiger partial charge is 0.417 e. The predicted octanol–water partition coefficient (Wildman–Crippen LogP) is 5.27. The van der Waals surface area contributed by atoms with Gasteiger partial charge >= 0.3 is 12.2 Å². The van der Waals surface area contributed by atoms with Crippen molar-refractivity contribution in [2.24, 2.45) is 11.8 Å². The number of amides is 3. The Morgan fingerprint density at radius 3 is 2.47 bits per heavy atom. The van der Waals surface area contributed by atoms with Crippen molar-refractivity contribution in [1.82, 2.24) is 9.80 Å². The number of carbonyl (C=O) groups excluding carboxylic acids is 3. The zero-order chi connectivity index (χ0) is 25.6. The molecular formula is C28H31ClN2O5. The van der Waals surface area contributed by atoms with Crippen LogP contribution in [0.1, 0.15) is 44.2 Å². The van der Waals surface area contributed by atoms with Gasteiger partial charge in [-0.2, -0.15) is 0 Å². The Balaban J connectivity index is 1.49. The summed E-state index contributed by atoms with van der Waals surface area (Å²) in [5.74, 6) is -0.591. The van der Waals surface area contributed by atoms with Gasteiger partial charge in [0.2, 0.25) is 5.91 Å². The molecule has 3 amide bonds. The molecule has 8 heteroatoms. The first-order valence-corrected chi connectivity index (χ1v) is 12.8. The Hall–Kier alpha value is -3.06.